The Hall–Kier alpha value is -1.65. The van der Waals surface area contributed by atoms with Crippen molar-refractivity contribution < 1.29 is 14.4 Å². The first-order chi connectivity index (χ1) is 10.4. The summed E-state index contributed by atoms with van der Waals surface area (Å²) in [5.74, 6) is -0.570. The molecule has 5 nitrogen and oxygen atoms in total. The van der Waals surface area contributed by atoms with Crippen LogP contribution in [0, 0.1) is 16.2 Å². The predicted molar refractivity (Wildman–Crippen MR) is 86.4 cm³/mol. The molecular formula is C18H26N2O3. The fraction of sp³-hybridized carbons (Fsp3) is 0.722. The maximum atomic E-state index is 12.8. The van der Waals surface area contributed by atoms with Crippen molar-refractivity contribution in [3.05, 3.63) is 11.1 Å². The van der Waals surface area contributed by atoms with Crippen molar-refractivity contribution in [1.29, 1.82) is 0 Å². The molecule has 0 N–H and O–H groups in total. The highest BCUT2D eigenvalue weighted by atomic mass is 16.2. The molecule has 5 heteroatoms. The van der Waals surface area contributed by atoms with E-state index in [-0.39, 0.29) is 40.1 Å². The molecule has 23 heavy (non-hydrogen) atoms. The number of carbonyl (C=O) groups is 3. The van der Waals surface area contributed by atoms with E-state index < -0.39 is 6.03 Å². The molecule has 0 spiro atoms. The van der Waals surface area contributed by atoms with Gasteiger partial charge >= 0.3 is 6.03 Å². The summed E-state index contributed by atoms with van der Waals surface area (Å²) >= 11 is 0. The average molecular weight is 318 g/mol. The summed E-state index contributed by atoms with van der Waals surface area (Å²) in [5.41, 5.74) is 1.67. The van der Waals surface area contributed by atoms with E-state index in [9.17, 15) is 14.4 Å². The summed E-state index contributed by atoms with van der Waals surface area (Å²) in [6.45, 7) is 15.7. The monoisotopic (exact) mass is 318 g/mol. The number of nitrogens with zero attached hydrogens (tertiary/aromatic N) is 2. The van der Waals surface area contributed by atoms with E-state index in [1.807, 2.05) is 0 Å². The number of hydrogen-bond donors (Lipinski definition) is 0. The van der Waals surface area contributed by atoms with Crippen LogP contribution in [0.5, 0.6) is 0 Å². The first kappa shape index (κ1) is 16.2. The van der Waals surface area contributed by atoms with Gasteiger partial charge in [-0.3, -0.25) is 19.4 Å². The minimum atomic E-state index is -0.463. The smallest absolute Gasteiger partial charge is 0.275 e. The van der Waals surface area contributed by atoms with Gasteiger partial charge in [0.1, 0.15) is 0 Å². The molecule has 0 unspecified atom stereocenters. The number of rotatable bonds is 0. The van der Waals surface area contributed by atoms with E-state index >= 15 is 0 Å². The molecule has 4 atom stereocenters. The van der Waals surface area contributed by atoms with Gasteiger partial charge in [0, 0.05) is 24.7 Å². The third kappa shape index (κ3) is 1.31. The first-order valence-electron chi connectivity index (χ1n) is 8.18. The fourth-order valence-electron chi connectivity index (χ4n) is 5.88. The molecule has 2 fully saturated rings. The van der Waals surface area contributed by atoms with E-state index in [1.165, 1.54) is 34.8 Å². The lowest BCUT2D eigenvalue weighted by molar-refractivity contribution is -0.128. The highest BCUT2D eigenvalue weighted by molar-refractivity contribution is 6.04. The van der Waals surface area contributed by atoms with Gasteiger partial charge < -0.3 is 0 Å². The van der Waals surface area contributed by atoms with Crippen LogP contribution in [0.15, 0.2) is 11.1 Å². The van der Waals surface area contributed by atoms with Gasteiger partial charge in [-0.1, -0.05) is 38.8 Å². The molecule has 2 aliphatic carbocycles. The number of fused-ring (bicyclic) bond motifs is 5. The minimum Gasteiger partial charge on any atom is -0.275 e. The number of imide groups is 2. The zero-order chi connectivity index (χ0) is 17.7. The Morgan fingerprint density at radius 2 is 1.13 bits per heavy atom. The van der Waals surface area contributed by atoms with Crippen molar-refractivity contribution in [2.24, 2.45) is 16.2 Å². The summed E-state index contributed by atoms with van der Waals surface area (Å²) in [6.07, 6.45) is 0. The Labute approximate surface area is 137 Å². The zero-order valence-electron chi connectivity index (χ0n) is 15.3. The molecule has 0 aromatic rings. The van der Waals surface area contributed by atoms with E-state index in [1.54, 1.807) is 0 Å². The Bertz CT molecular complexity index is 638. The standard InChI is InChI=1S/C18H26N2O3/c1-9-10(2)18(8)14-13(17(9,7)16(18,5)6)19(11(3)21)15(23)20(14)12(4)22/h13-14H,1-8H3/t13-,14+,17-,18+. The van der Waals surface area contributed by atoms with Gasteiger partial charge in [0.15, 0.2) is 0 Å². The van der Waals surface area contributed by atoms with Gasteiger partial charge in [0.05, 0.1) is 12.1 Å². The van der Waals surface area contributed by atoms with Crippen molar-refractivity contribution in [3.63, 3.8) is 0 Å². The molecule has 0 radical (unpaired) electrons. The molecule has 0 aromatic carbocycles. The molecule has 2 bridgehead atoms. The van der Waals surface area contributed by atoms with Crippen LogP contribution >= 0.6 is 0 Å². The summed E-state index contributed by atoms with van der Waals surface area (Å²) in [4.78, 5) is 40.0. The molecule has 1 saturated heterocycles. The molecule has 1 aliphatic heterocycles. The maximum Gasteiger partial charge on any atom is 0.334 e. The quantitative estimate of drug-likeness (QED) is 0.645. The number of hydrogen-bond acceptors (Lipinski definition) is 3. The van der Waals surface area contributed by atoms with E-state index in [0.29, 0.717) is 0 Å². The van der Waals surface area contributed by atoms with Crippen LogP contribution in [0.1, 0.15) is 55.4 Å². The fourth-order valence-corrected chi connectivity index (χ4v) is 5.88. The molecule has 3 rings (SSSR count). The molecule has 1 saturated carbocycles. The molecular weight excluding hydrogens is 292 g/mol. The first-order valence-corrected chi connectivity index (χ1v) is 8.18. The lowest BCUT2D eigenvalue weighted by Crippen LogP contribution is -2.51. The molecule has 0 aromatic heterocycles. The van der Waals surface area contributed by atoms with E-state index in [4.69, 9.17) is 0 Å². The SMILES string of the molecule is CC(=O)N1C(=O)N(C(C)=O)[C@@H]2[C@H]1[C@]1(C)C(C)=C(C)[C@@]2(C)C1(C)C. The van der Waals surface area contributed by atoms with Crippen molar-refractivity contribution in [3.8, 4) is 0 Å². The zero-order valence-corrected chi connectivity index (χ0v) is 15.3. The van der Waals surface area contributed by atoms with E-state index in [0.717, 1.165) is 0 Å². The van der Waals surface area contributed by atoms with Crippen molar-refractivity contribution in [2.75, 3.05) is 0 Å². The van der Waals surface area contributed by atoms with Crippen LogP contribution in [-0.4, -0.2) is 39.7 Å². The van der Waals surface area contributed by atoms with Crippen LogP contribution in [0.3, 0.4) is 0 Å². The highest BCUT2D eigenvalue weighted by Gasteiger charge is 2.80. The summed E-state index contributed by atoms with van der Waals surface area (Å²) in [6, 6.07) is -1.05. The van der Waals surface area contributed by atoms with E-state index in [2.05, 4.69) is 41.5 Å². The topological polar surface area (TPSA) is 57.7 Å². The van der Waals surface area contributed by atoms with Gasteiger partial charge in [-0.2, -0.15) is 0 Å². The number of amides is 4. The third-order valence-corrected chi connectivity index (χ3v) is 7.85. The highest BCUT2D eigenvalue weighted by Crippen LogP contribution is 2.76. The van der Waals surface area contributed by atoms with Crippen LogP contribution in [-0.2, 0) is 9.59 Å². The molecule has 4 amide bonds. The minimum absolute atomic E-state index is 0.161. The van der Waals surface area contributed by atoms with Crippen LogP contribution in [0.25, 0.3) is 0 Å². The molecule has 3 aliphatic rings. The van der Waals surface area contributed by atoms with Gasteiger partial charge in [-0.25, -0.2) is 4.79 Å². The second kappa shape index (κ2) is 4.05. The van der Waals surface area contributed by atoms with Gasteiger partial charge in [-0.05, 0) is 19.3 Å². The van der Waals surface area contributed by atoms with Gasteiger partial charge in [-0.15, -0.1) is 0 Å². The van der Waals surface area contributed by atoms with Crippen LogP contribution in [0.2, 0.25) is 0 Å². The van der Waals surface area contributed by atoms with Crippen molar-refractivity contribution in [1.82, 2.24) is 9.80 Å². The van der Waals surface area contributed by atoms with Crippen molar-refractivity contribution >= 4 is 17.8 Å². The summed E-state index contributed by atoms with van der Waals surface area (Å²) < 4.78 is 0. The second-order valence-corrected chi connectivity index (χ2v) is 8.23. The molecule has 1 heterocycles. The Kier molecular flexibility index (Phi) is 2.86. The second-order valence-electron chi connectivity index (χ2n) is 8.23. The average Bonchev–Trinajstić information content (AvgIpc) is 2.85. The largest absolute Gasteiger partial charge is 0.334 e. The van der Waals surface area contributed by atoms with Crippen LogP contribution in [0.4, 0.5) is 4.79 Å². The molecule has 126 valence electrons. The Morgan fingerprint density at radius 1 is 0.826 bits per heavy atom. The van der Waals surface area contributed by atoms with Crippen molar-refractivity contribution in [2.45, 2.75) is 67.5 Å². The Morgan fingerprint density at radius 3 is 1.39 bits per heavy atom. The number of carbonyl (C=O) groups excluding carboxylic acids is 3. The van der Waals surface area contributed by atoms with Gasteiger partial charge in [0.25, 0.3) is 0 Å². The lowest BCUT2D eigenvalue weighted by atomic mass is 9.62. The lowest BCUT2D eigenvalue weighted by Gasteiger charge is -2.44. The summed E-state index contributed by atoms with van der Waals surface area (Å²) in [7, 11) is 0. The third-order valence-electron chi connectivity index (χ3n) is 7.85. The predicted octanol–water partition coefficient (Wildman–Crippen LogP) is 2.96. The van der Waals surface area contributed by atoms with Crippen LogP contribution < -0.4 is 0 Å². The summed E-state index contributed by atoms with van der Waals surface area (Å²) in [5, 5.41) is 0. The normalized spacial score (nSPS) is 41.0. The maximum absolute atomic E-state index is 12.8. The van der Waals surface area contributed by atoms with Gasteiger partial charge in [0.2, 0.25) is 11.8 Å². The number of urea groups is 1. The Balaban J connectivity index is 2.36.